The molecule has 0 aliphatic carbocycles. The summed E-state index contributed by atoms with van der Waals surface area (Å²) in [6, 6.07) is 0. The average molecular weight is 170 g/mol. The molecule has 0 amide bonds. The number of hydrogen-bond donors (Lipinski definition) is 1. The van der Waals surface area contributed by atoms with Crippen LogP contribution in [0, 0.1) is 0 Å². The van der Waals surface area contributed by atoms with Crippen molar-refractivity contribution in [1.82, 2.24) is 0 Å². The van der Waals surface area contributed by atoms with Crippen LogP contribution in [0.4, 0.5) is 0 Å². The van der Waals surface area contributed by atoms with Crippen LogP contribution in [0.5, 0.6) is 0 Å². The first-order valence-electron chi connectivity index (χ1n) is 3.98. The Hall–Kier alpha value is -0.800. The SMILES string of the molecule is C=CCOC1C(O)C=COC1C. The van der Waals surface area contributed by atoms with Crippen molar-refractivity contribution in [1.29, 1.82) is 0 Å². The van der Waals surface area contributed by atoms with Crippen LogP contribution in [0.1, 0.15) is 6.92 Å². The first-order valence-corrected chi connectivity index (χ1v) is 3.98. The van der Waals surface area contributed by atoms with Gasteiger partial charge in [0.15, 0.2) is 0 Å². The van der Waals surface area contributed by atoms with Crippen molar-refractivity contribution in [2.45, 2.75) is 25.2 Å². The lowest BCUT2D eigenvalue weighted by molar-refractivity contribution is -0.0872. The van der Waals surface area contributed by atoms with Gasteiger partial charge in [0.25, 0.3) is 0 Å². The molecule has 0 saturated heterocycles. The van der Waals surface area contributed by atoms with Crippen LogP contribution < -0.4 is 0 Å². The molecule has 1 N–H and O–H groups in total. The molecule has 0 bridgehead atoms. The summed E-state index contributed by atoms with van der Waals surface area (Å²) in [6.45, 7) is 5.83. The Balaban J connectivity index is 2.47. The lowest BCUT2D eigenvalue weighted by atomic mass is 10.1. The molecule has 68 valence electrons. The van der Waals surface area contributed by atoms with Gasteiger partial charge in [-0.1, -0.05) is 6.08 Å². The zero-order chi connectivity index (χ0) is 8.97. The monoisotopic (exact) mass is 170 g/mol. The van der Waals surface area contributed by atoms with E-state index in [2.05, 4.69) is 6.58 Å². The summed E-state index contributed by atoms with van der Waals surface area (Å²) in [5.74, 6) is 0. The highest BCUT2D eigenvalue weighted by Crippen LogP contribution is 2.15. The summed E-state index contributed by atoms with van der Waals surface area (Å²) in [5.41, 5.74) is 0. The van der Waals surface area contributed by atoms with Gasteiger partial charge in [-0.2, -0.15) is 0 Å². The number of aliphatic hydroxyl groups excluding tert-OH is 1. The second-order valence-electron chi connectivity index (χ2n) is 2.75. The van der Waals surface area contributed by atoms with E-state index < -0.39 is 6.10 Å². The molecule has 0 fully saturated rings. The van der Waals surface area contributed by atoms with Crippen molar-refractivity contribution >= 4 is 0 Å². The molecule has 3 nitrogen and oxygen atoms in total. The number of aliphatic hydroxyl groups is 1. The minimum absolute atomic E-state index is 0.107. The minimum atomic E-state index is -0.575. The quantitative estimate of drug-likeness (QED) is 0.638. The first-order chi connectivity index (χ1) is 5.75. The topological polar surface area (TPSA) is 38.7 Å². The Labute approximate surface area is 72.3 Å². The van der Waals surface area contributed by atoms with Gasteiger partial charge >= 0.3 is 0 Å². The molecule has 0 spiro atoms. The van der Waals surface area contributed by atoms with Crippen molar-refractivity contribution in [3.05, 3.63) is 25.0 Å². The molecule has 0 aromatic rings. The van der Waals surface area contributed by atoms with Gasteiger partial charge < -0.3 is 14.6 Å². The predicted octanol–water partition coefficient (Wildman–Crippen LogP) is 0.851. The standard InChI is InChI=1S/C9H14O3/c1-3-5-12-9-7(2)11-6-4-8(9)10/h3-4,6-10H,1,5H2,2H3. The number of ether oxygens (including phenoxy) is 2. The summed E-state index contributed by atoms with van der Waals surface area (Å²) < 4.78 is 10.5. The molecule has 0 saturated carbocycles. The zero-order valence-corrected chi connectivity index (χ0v) is 7.14. The summed E-state index contributed by atoms with van der Waals surface area (Å²) >= 11 is 0. The van der Waals surface area contributed by atoms with Crippen molar-refractivity contribution in [2.24, 2.45) is 0 Å². The van der Waals surface area contributed by atoms with Crippen molar-refractivity contribution in [3.8, 4) is 0 Å². The molecular weight excluding hydrogens is 156 g/mol. The zero-order valence-electron chi connectivity index (χ0n) is 7.14. The second kappa shape index (κ2) is 4.28. The minimum Gasteiger partial charge on any atom is -0.496 e. The van der Waals surface area contributed by atoms with E-state index in [9.17, 15) is 5.11 Å². The van der Waals surface area contributed by atoms with Gasteiger partial charge in [-0.25, -0.2) is 0 Å². The van der Waals surface area contributed by atoms with Crippen LogP contribution in [-0.2, 0) is 9.47 Å². The van der Waals surface area contributed by atoms with Crippen LogP contribution in [0.3, 0.4) is 0 Å². The van der Waals surface area contributed by atoms with E-state index in [0.717, 1.165) is 0 Å². The second-order valence-corrected chi connectivity index (χ2v) is 2.75. The fourth-order valence-corrected chi connectivity index (χ4v) is 1.13. The van der Waals surface area contributed by atoms with Gasteiger partial charge in [0, 0.05) is 0 Å². The third-order valence-electron chi connectivity index (χ3n) is 1.77. The van der Waals surface area contributed by atoms with E-state index in [4.69, 9.17) is 9.47 Å². The summed E-state index contributed by atoms with van der Waals surface area (Å²) in [6.07, 6.45) is 3.76. The molecule has 3 unspecified atom stereocenters. The Morgan fingerprint density at radius 1 is 1.75 bits per heavy atom. The van der Waals surface area contributed by atoms with E-state index >= 15 is 0 Å². The fourth-order valence-electron chi connectivity index (χ4n) is 1.13. The van der Waals surface area contributed by atoms with E-state index in [1.807, 2.05) is 6.92 Å². The van der Waals surface area contributed by atoms with Crippen LogP contribution in [0.2, 0.25) is 0 Å². The molecule has 3 heteroatoms. The molecule has 1 aliphatic heterocycles. The molecule has 1 rings (SSSR count). The first kappa shape index (κ1) is 9.29. The molecule has 1 aliphatic rings. The molecule has 12 heavy (non-hydrogen) atoms. The Bertz CT molecular complexity index is 177. The van der Waals surface area contributed by atoms with Crippen LogP contribution in [-0.4, -0.2) is 30.0 Å². The lowest BCUT2D eigenvalue weighted by Gasteiger charge is -2.29. The third kappa shape index (κ3) is 2.09. The molecular formula is C9H14O3. The lowest BCUT2D eigenvalue weighted by Crippen LogP contribution is -2.40. The van der Waals surface area contributed by atoms with Crippen molar-refractivity contribution in [2.75, 3.05) is 6.61 Å². The fraction of sp³-hybridized carbons (Fsp3) is 0.556. The maximum Gasteiger partial charge on any atom is 0.124 e. The van der Waals surface area contributed by atoms with E-state index in [-0.39, 0.29) is 12.2 Å². The van der Waals surface area contributed by atoms with Crippen LogP contribution in [0.25, 0.3) is 0 Å². The van der Waals surface area contributed by atoms with Crippen LogP contribution >= 0.6 is 0 Å². The largest absolute Gasteiger partial charge is 0.496 e. The highest BCUT2D eigenvalue weighted by molar-refractivity contribution is 4.96. The van der Waals surface area contributed by atoms with Gasteiger partial charge in [0.2, 0.25) is 0 Å². The highest BCUT2D eigenvalue weighted by Gasteiger charge is 2.27. The van der Waals surface area contributed by atoms with Gasteiger partial charge in [0.1, 0.15) is 18.3 Å². The average Bonchev–Trinajstić information content (AvgIpc) is 2.04. The maximum atomic E-state index is 9.44. The molecule has 3 atom stereocenters. The van der Waals surface area contributed by atoms with Gasteiger partial charge in [-0.3, -0.25) is 0 Å². The van der Waals surface area contributed by atoms with E-state index in [1.165, 1.54) is 6.26 Å². The van der Waals surface area contributed by atoms with Gasteiger partial charge in [-0.05, 0) is 13.0 Å². The number of hydrogen-bond acceptors (Lipinski definition) is 3. The number of rotatable bonds is 3. The molecule has 0 aromatic heterocycles. The smallest absolute Gasteiger partial charge is 0.124 e. The molecule has 0 radical (unpaired) electrons. The maximum absolute atomic E-state index is 9.44. The van der Waals surface area contributed by atoms with Gasteiger partial charge in [-0.15, -0.1) is 6.58 Å². The molecule has 1 heterocycles. The highest BCUT2D eigenvalue weighted by atomic mass is 16.5. The van der Waals surface area contributed by atoms with Crippen molar-refractivity contribution < 1.29 is 14.6 Å². The van der Waals surface area contributed by atoms with E-state index in [0.29, 0.717) is 6.61 Å². The Kier molecular flexibility index (Phi) is 3.31. The molecule has 0 aromatic carbocycles. The summed E-state index contributed by atoms with van der Waals surface area (Å²) in [5, 5.41) is 9.44. The van der Waals surface area contributed by atoms with Crippen molar-refractivity contribution in [3.63, 3.8) is 0 Å². The Morgan fingerprint density at radius 3 is 3.08 bits per heavy atom. The van der Waals surface area contributed by atoms with E-state index in [1.54, 1.807) is 12.2 Å². The summed E-state index contributed by atoms with van der Waals surface area (Å²) in [4.78, 5) is 0. The summed E-state index contributed by atoms with van der Waals surface area (Å²) in [7, 11) is 0. The third-order valence-corrected chi connectivity index (χ3v) is 1.77. The normalized spacial score (nSPS) is 34.3. The Morgan fingerprint density at radius 2 is 2.50 bits per heavy atom. The predicted molar refractivity (Wildman–Crippen MR) is 45.6 cm³/mol. The van der Waals surface area contributed by atoms with Crippen LogP contribution in [0.15, 0.2) is 25.0 Å². The van der Waals surface area contributed by atoms with Gasteiger partial charge in [0.05, 0.1) is 12.9 Å².